The van der Waals surface area contributed by atoms with Crippen LogP contribution in [0.15, 0.2) is 42.8 Å². The number of ether oxygens (including phenoxy) is 2. The van der Waals surface area contributed by atoms with E-state index in [0.29, 0.717) is 48.0 Å². The van der Waals surface area contributed by atoms with Crippen molar-refractivity contribution in [3.05, 3.63) is 54.1 Å². The minimum Gasteiger partial charge on any atom is -0.496 e. The Morgan fingerprint density at radius 2 is 1.91 bits per heavy atom. The van der Waals surface area contributed by atoms with Crippen LogP contribution in [0, 0.1) is 12.8 Å². The number of benzene rings is 1. The maximum atomic E-state index is 14.4. The molecule has 4 atom stereocenters. The van der Waals surface area contributed by atoms with E-state index in [1.807, 2.05) is 0 Å². The third-order valence-electron chi connectivity index (χ3n) is 11.4. The van der Waals surface area contributed by atoms with Crippen LogP contribution in [-0.4, -0.2) is 95.7 Å². The normalized spacial score (nSPS) is 22.5. The maximum Gasteiger partial charge on any atom is 0.478 e. The van der Waals surface area contributed by atoms with Gasteiger partial charge in [0.05, 0.1) is 28.1 Å². The Balaban J connectivity index is 1.33. The van der Waals surface area contributed by atoms with Crippen molar-refractivity contribution in [3.63, 3.8) is 0 Å². The Kier molecular flexibility index (Phi) is 11.9. The van der Waals surface area contributed by atoms with Crippen LogP contribution in [0.1, 0.15) is 69.5 Å². The third kappa shape index (κ3) is 8.24. The summed E-state index contributed by atoms with van der Waals surface area (Å²) in [6.45, 7) is 11.3. The van der Waals surface area contributed by atoms with Gasteiger partial charge in [-0.2, -0.15) is 22.7 Å². The number of nitrogens with zero attached hydrogens (tertiary/aromatic N) is 5. The number of thiazole rings is 1. The van der Waals surface area contributed by atoms with E-state index in [-0.39, 0.29) is 42.5 Å². The molecule has 1 aromatic carbocycles. The number of urea groups is 1. The van der Waals surface area contributed by atoms with Crippen LogP contribution in [0.2, 0.25) is 0 Å². The average Bonchev–Trinajstić information content (AvgIpc) is 4.07. The lowest BCUT2D eigenvalue weighted by Crippen LogP contribution is -2.61. The highest BCUT2D eigenvalue weighted by Gasteiger charge is 2.63. The number of hydrogen-bond acceptors (Lipinski definition) is 10. The number of methoxy groups -OCH3 is 1. The number of rotatable bonds is 15. The highest BCUT2D eigenvalue weighted by molar-refractivity contribution is 7.91. The van der Waals surface area contributed by atoms with Gasteiger partial charge in [0.2, 0.25) is 27.6 Å². The Bertz CT molecular complexity index is 2240. The summed E-state index contributed by atoms with van der Waals surface area (Å²) in [5, 5.41) is 4.36. The summed E-state index contributed by atoms with van der Waals surface area (Å²) in [5.74, 6) is -1.60. The first kappa shape index (κ1) is 42.8. The number of likely N-dealkylation sites (tertiary alicyclic amines) is 1. The molecule has 1 saturated heterocycles. The van der Waals surface area contributed by atoms with E-state index in [2.05, 4.69) is 33.2 Å². The molecule has 2 saturated carbocycles. The van der Waals surface area contributed by atoms with Crippen molar-refractivity contribution in [1.82, 2.24) is 29.8 Å². The van der Waals surface area contributed by atoms with Crippen LogP contribution in [-0.2, 0) is 32.8 Å². The molecule has 3 fully saturated rings. The fourth-order valence-corrected chi connectivity index (χ4v) is 9.56. The number of fused-ring (bicyclic) bond motifs is 1. The lowest BCUT2D eigenvalue weighted by atomic mass is 9.97. The second kappa shape index (κ2) is 16.1. The van der Waals surface area contributed by atoms with Crippen LogP contribution in [0.3, 0.4) is 0 Å². The van der Waals surface area contributed by atoms with Gasteiger partial charge < -0.3 is 24.6 Å². The molecule has 19 heteroatoms. The number of alkyl halides is 3. The molecule has 58 heavy (non-hydrogen) atoms. The van der Waals surface area contributed by atoms with Gasteiger partial charge in [-0.25, -0.2) is 18.2 Å². The molecular formula is C39H49F3N7O7S2+. The zero-order chi connectivity index (χ0) is 42.4. The minimum atomic E-state index is -4.62. The van der Waals surface area contributed by atoms with E-state index in [1.165, 1.54) is 30.0 Å². The smallest absolute Gasteiger partial charge is 0.478 e. The lowest BCUT2D eigenvalue weighted by molar-refractivity contribution is -0.676. The van der Waals surface area contributed by atoms with Gasteiger partial charge in [-0.1, -0.05) is 23.5 Å². The zero-order valence-corrected chi connectivity index (χ0v) is 34.8. The summed E-state index contributed by atoms with van der Waals surface area (Å²) in [6.07, 6.45) is 1.30. The Morgan fingerprint density at radius 3 is 2.52 bits per heavy atom. The SMILES string of the molecule is C=CCCCCN(C)C(=O)N1CCC(Oc2nc(-c3scc(C(F)(F)F)[n+]3C)nc3c(C)c(OC)ccc23)CC1C(=O)NC1(C(=O)NS(=O)(=O)C2(C)CC2)CC1C=C. The molecule has 6 rings (SSSR count). The van der Waals surface area contributed by atoms with Crippen LogP contribution < -0.4 is 24.1 Å². The molecule has 3 aliphatic rings. The molecule has 0 radical (unpaired) electrons. The minimum absolute atomic E-state index is 0.0194. The molecule has 2 aliphatic carbocycles. The molecule has 3 aromatic rings. The first-order chi connectivity index (χ1) is 27.3. The number of piperidine rings is 1. The molecule has 0 spiro atoms. The number of nitrogens with one attached hydrogen (secondary N) is 2. The van der Waals surface area contributed by atoms with Crippen LogP contribution in [0.25, 0.3) is 21.7 Å². The Morgan fingerprint density at radius 1 is 1.19 bits per heavy atom. The predicted octanol–water partition coefficient (Wildman–Crippen LogP) is 5.20. The molecular weight excluding hydrogens is 800 g/mol. The van der Waals surface area contributed by atoms with Gasteiger partial charge in [0, 0.05) is 44.5 Å². The molecule has 0 bridgehead atoms. The number of unbranched alkanes of at least 4 members (excludes halogenated alkanes) is 2. The van der Waals surface area contributed by atoms with Gasteiger partial charge in [-0.15, -0.1) is 13.2 Å². The summed E-state index contributed by atoms with van der Waals surface area (Å²) in [4.78, 5) is 54.3. The van der Waals surface area contributed by atoms with Gasteiger partial charge in [0.25, 0.3) is 11.6 Å². The fourth-order valence-electron chi connectivity index (χ4n) is 7.28. The quantitative estimate of drug-likeness (QED) is 0.119. The fraction of sp³-hybridized carbons (Fsp3) is 0.538. The van der Waals surface area contributed by atoms with Crippen molar-refractivity contribution in [2.24, 2.45) is 13.0 Å². The highest BCUT2D eigenvalue weighted by Crippen LogP contribution is 2.47. The first-order valence-electron chi connectivity index (χ1n) is 19.0. The summed E-state index contributed by atoms with van der Waals surface area (Å²) >= 11 is 0.824. The van der Waals surface area contributed by atoms with Crippen molar-refractivity contribution in [3.8, 4) is 22.5 Å². The van der Waals surface area contributed by atoms with Gasteiger partial charge in [-0.05, 0) is 64.5 Å². The van der Waals surface area contributed by atoms with Crippen molar-refractivity contribution < 1.29 is 50.0 Å². The van der Waals surface area contributed by atoms with Crippen molar-refractivity contribution in [2.75, 3.05) is 27.2 Å². The molecule has 314 valence electrons. The number of amides is 4. The molecule has 1 aliphatic heterocycles. The number of halogens is 3. The van der Waals surface area contributed by atoms with E-state index in [0.717, 1.165) is 34.1 Å². The van der Waals surface area contributed by atoms with E-state index >= 15 is 0 Å². The molecule has 2 aromatic heterocycles. The predicted molar refractivity (Wildman–Crippen MR) is 210 cm³/mol. The van der Waals surface area contributed by atoms with Gasteiger partial charge in [-0.3, -0.25) is 14.3 Å². The number of hydrogen-bond donors (Lipinski definition) is 2. The van der Waals surface area contributed by atoms with Gasteiger partial charge in [0.15, 0.2) is 0 Å². The standard InChI is InChI=1S/C39H48F3N7O7S2/c1-8-10-11-12-18-47(5)36(52)49-19-15-25(20-27(49)32(50)45-38(21-24(38)9-2)35(51)46-58(53,54)37(4)16-17-37)56-33-26-13-14-28(55-7)23(3)30(26)43-31(44-33)34-48(6)29(22-57-34)39(40,41)42/h8-9,13-14,22,24-25,27H,1-2,10-12,15-21H2,3-7H3,(H-,45,46,50,51)/p+1. The number of carbonyl (C=O) groups is 3. The Labute approximate surface area is 339 Å². The van der Waals surface area contributed by atoms with E-state index < -0.39 is 68.1 Å². The van der Waals surface area contributed by atoms with E-state index in [4.69, 9.17) is 9.47 Å². The monoisotopic (exact) mass is 848 g/mol. The highest BCUT2D eigenvalue weighted by atomic mass is 32.2. The van der Waals surface area contributed by atoms with Gasteiger partial charge in [0.1, 0.15) is 30.5 Å². The van der Waals surface area contributed by atoms with Crippen molar-refractivity contribution >= 4 is 50.1 Å². The number of sulfonamides is 1. The molecule has 2 N–H and O–H groups in total. The Hall–Kier alpha value is -4.78. The molecule has 14 nitrogen and oxygen atoms in total. The summed E-state index contributed by atoms with van der Waals surface area (Å²) < 4.78 is 81.7. The van der Waals surface area contributed by atoms with Crippen molar-refractivity contribution in [2.45, 2.75) is 93.8 Å². The maximum absolute atomic E-state index is 14.4. The lowest BCUT2D eigenvalue weighted by Gasteiger charge is -2.40. The van der Waals surface area contributed by atoms with E-state index in [1.54, 1.807) is 39.1 Å². The third-order valence-corrected chi connectivity index (χ3v) is 14.6. The number of allylic oxidation sites excluding steroid dienone is 1. The molecule has 4 amide bonds. The van der Waals surface area contributed by atoms with Crippen LogP contribution in [0.4, 0.5) is 18.0 Å². The number of aryl methyl sites for hydroxylation is 1. The first-order valence-corrected chi connectivity index (χ1v) is 21.4. The molecule has 3 heterocycles. The summed E-state index contributed by atoms with van der Waals surface area (Å²) in [7, 11) is 0.373. The zero-order valence-electron chi connectivity index (χ0n) is 33.1. The second-order valence-corrected chi connectivity index (χ2v) is 18.5. The van der Waals surface area contributed by atoms with Crippen molar-refractivity contribution in [1.29, 1.82) is 0 Å². The van der Waals surface area contributed by atoms with Crippen LogP contribution >= 0.6 is 11.3 Å². The largest absolute Gasteiger partial charge is 0.496 e. The number of aromatic nitrogens is 3. The summed E-state index contributed by atoms with van der Waals surface area (Å²) in [6, 6.07) is 1.79. The van der Waals surface area contributed by atoms with Gasteiger partial charge >= 0.3 is 17.2 Å². The summed E-state index contributed by atoms with van der Waals surface area (Å²) in [5.41, 5.74) is -1.50. The number of carbonyl (C=O) groups excluding carboxylic acids is 3. The van der Waals surface area contributed by atoms with E-state index in [9.17, 15) is 36.0 Å². The molecule has 4 unspecified atom stereocenters. The average molecular weight is 849 g/mol. The van der Waals surface area contributed by atoms with Crippen LogP contribution in [0.5, 0.6) is 11.6 Å². The topological polar surface area (TPSA) is 164 Å². The second-order valence-electron chi connectivity index (χ2n) is 15.5.